The molecular weight excluding hydrogens is 370 g/mol. The summed E-state index contributed by atoms with van der Waals surface area (Å²) in [5.41, 5.74) is -4.31. The van der Waals surface area contributed by atoms with Crippen LogP contribution >= 0.6 is 11.8 Å². The normalized spacial score (nSPS) is 17.5. The van der Waals surface area contributed by atoms with Crippen LogP contribution in [0.3, 0.4) is 0 Å². The first kappa shape index (κ1) is 19.2. The van der Waals surface area contributed by atoms with Crippen molar-refractivity contribution in [3.63, 3.8) is 0 Å². The van der Waals surface area contributed by atoms with E-state index in [9.17, 15) is 31.1 Å². The minimum atomic E-state index is -5.06. The van der Waals surface area contributed by atoms with Gasteiger partial charge in [0.15, 0.2) is 0 Å². The van der Waals surface area contributed by atoms with E-state index < -0.39 is 40.4 Å². The highest BCUT2D eigenvalue weighted by Crippen LogP contribution is 2.36. The largest absolute Gasteiger partial charge is 0.416 e. The van der Waals surface area contributed by atoms with Gasteiger partial charge in [-0.1, -0.05) is 0 Å². The number of hydrogen-bond acceptors (Lipinski definition) is 4. The van der Waals surface area contributed by atoms with Crippen molar-refractivity contribution in [3.05, 3.63) is 46.2 Å². The van der Waals surface area contributed by atoms with Crippen molar-refractivity contribution in [1.29, 1.82) is 5.26 Å². The Bertz CT molecular complexity index is 721. The molecule has 134 valence electrons. The number of benzene rings is 1. The van der Waals surface area contributed by atoms with Gasteiger partial charge in [0.2, 0.25) is 5.78 Å². The number of hydrogen-bond donors (Lipinski definition) is 1. The van der Waals surface area contributed by atoms with Crippen molar-refractivity contribution < 1.29 is 31.1 Å². The molecule has 0 bridgehead atoms. The van der Waals surface area contributed by atoms with E-state index in [-0.39, 0.29) is 17.5 Å². The summed E-state index contributed by atoms with van der Waals surface area (Å²) in [5, 5.41) is 11.9. The predicted octanol–water partition coefficient (Wildman–Crippen LogP) is 4.02. The van der Waals surface area contributed by atoms with Crippen LogP contribution in [0.25, 0.3) is 0 Å². The number of ketones is 1. The Labute approximate surface area is 142 Å². The lowest BCUT2D eigenvalue weighted by Gasteiger charge is -2.18. The molecule has 1 aliphatic heterocycles. The average molecular weight is 380 g/mol. The van der Waals surface area contributed by atoms with Crippen molar-refractivity contribution in [2.75, 3.05) is 18.1 Å². The number of rotatable bonds is 2. The zero-order valence-electron chi connectivity index (χ0n) is 12.4. The lowest BCUT2D eigenvalue weighted by Crippen LogP contribution is -2.27. The Kier molecular flexibility index (Phi) is 5.37. The highest BCUT2D eigenvalue weighted by molar-refractivity contribution is 7.99. The summed E-state index contributed by atoms with van der Waals surface area (Å²) in [6.45, 7) is 0.439. The van der Waals surface area contributed by atoms with Crippen LogP contribution in [0.4, 0.5) is 26.3 Å². The number of nitrogens with one attached hydrogen (secondary N) is 1. The Morgan fingerprint density at radius 2 is 1.64 bits per heavy atom. The summed E-state index contributed by atoms with van der Waals surface area (Å²) in [6.07, 6.45) is -10.1. The van der Waals surface area contributed by atoms with E-state index in [0.29, 0.717) is 24.4 Å². The number of alkyl halides is 6. The maximum atomic E-state index is 12.9. The van der Waals surface area contributed by atoms with Crippen LogP contribution in [0, 0.1) is 11.3 Å². The second kappa shape index (κ2) is 7.00. The molecule has 3 nitrogen and oxygen atoms in total. The van der Waals surface area contributed by atoms with Crippen LogP contribution in [0.15, 0.2) is 29.5 Å². The molecule has 0 amide bonds. The molecular formula is C15H10F6N2OS. The molecule has 1 N–H and O–H groups in total. The second-order valence-electron chi connectivity index (χ2n) is 5.07. The van der Waals surface area contributed by atoms with Gasteiger partial charge in [0.25, 0.3) is 0 Å². The number of halogens is 6. The van der Waals surface area contributed by atoms with Crippen LogP contribution < -0.4 is 5.32 Å². The first-order valence-corrected chi connectivity index (χ1v) is 7.98. The zero-order chi connectivity index (χ0) is 18.8. The molecule has 1 aromatic carbocycles. The van der Waals surface area contributed by atoms with Gasteiger partial charge in [-0.15, -0.1) is 0 Å². The average Bonchev–Trinajstić information content (AvgIpc) is 2.54. The quantitative estimate of drug-likeness (QED) is 0.364. The molecule has 0 aromatic heterocycles. The lowest BCUT2D eigenvalue weighted by molar-refractivity contribution is -0.143. The number of carbonyl (C=O) groups is 1. The number of carbonyl (C=O) groups excluding carboxylic acids is 1. The van der Waals surface area contributed by atoms with Crippen LogP contribution in [0.2, 0.25) is 0 Å². The maximum absolute atomic E-state index is 12.9. The summed E-state index contributed by atoms with van der Waals surface area (Å²) in [6, 6.07) is 2.16. The van der Waals surface area contributed by atoms with Gasteiger partial charge >= 0.3 is 12.4 Å². The summed E-state index contributed by atoms with van der Waals surface area (Å²) in [7, 11) is 0. The van der Waals surface area contributed by atoms with Gasteiger partial charge in [-0.3, -0.25) is 4.79 Å². The highest BCUT2D eigenvalue weighted by Gasteiger charge is 2.38. The Morgan fingerprint density at radius 3 is 2.04 bits per heavy atom. The molecule has 1 heterocycles. The maximum Gasteiger partial charge on any atom is 0.416 e. The first-order chi connectivity index (χ1) is 11.5. The van der Waals surface area contributed by atoms with Gasteiger partial charge in [-0.05, 0) is 18.2 Å². The van der Waals surface area contributed by atoms with E-state index in [1.54, 1.807) is 6.07 Å². The van der Waals surface area contributed by atoms with Gasteiger partial charge in [-0.2, -0.15) is 43.4 Å². The third-order valence-electron chi connectivity index (χ3n) is 3.32. The highest BCUT2D eigenvalue weighted by atomic mass is 32.2. The van der Waals surface area contributed by atoms with Crippen molar-refractivity contribution in [1.82, 2.24) is 5.32 Å². The SMILES string of the molecule is N#CC(C(=O)c1cc(C(F)(F)F)cc(C(F)(F)F)c1)=C1CSCCN1. The molecule has 1 aromatic rings. The molecule has 0 aliphatic carbocycles. The number of allylic oxidation sites excluding steroid dienone is 1. The van der Waals surface area contributed by atoms with Gasteiger partial charge in [0, 0.05) is 29.3 Å². The molecule has 1 saturated heterocycles. The van der Waals surface area contributed by atoms with E-state index in [1.807, 2.05) is 0 Å². The molecule has 10 heteroatoms. The fourth-order valence-electron chi connectivity index (χ4n) is 2.15. The zero-order valence-corrected chi connectivity index (χ0v) is 13.2. The summed E-state index contributed by atoms with van der Waals surface area (Å²) < 4.78 is 77.2. The first-order valence-electron chi connectivity index (χ1n) is 6.83. The number of nitrogens with zero attached hydrogens (tertiary/aromatic N) is 1. The number of nitriles is 1. The van der Waals surface area contributed by atoms with E-state index >= 15 is 0 Å². The molecule has 0 spiro atoms. The number of Topliss-reactive ketones (excluding diaryl/α,β-unsaturated/α-hetero) is 1. The summed E-state index contributed by atoms with van der Waals surface area (Å²) in [4.78, 5) is 12.4. The van der Waals surface area contributed by atoms with Gasteiger partial charge in [0.1, 0.15) is 11.6 Å². The fourth-order valence-corrected chi connectivity index (χ4v) is 2.99. The predicted molar refractivity (Wildman–Crippen MR) is 78.7 cm³/mol. The van der Waals surface area contributed by atoms with Crippen LogP contribution in [-0.4, -0.2) is 23.8 Å². The van der Waals surface area contributed by atoms with Crippen molar-refractivity contribution in [2.45, 2.75) is 12.4 Å². The van der Waals surface area contributed by atoms with E-state index in [4.69, 9.17) is 5.26 Å². The van der Waals surface area contributed by atoms with Gasteiger partial charge in [-0.25, -0.2) is 0 Å². The van der Waals surface area contributed by atoms with Crippen molar-refractivity contribution in [2.24, 2.45) is 0 Å². The second-order valence-corrected chi connectivity index (χ2v) is 6.17. The smallest absolute Gasteiger partial charge is 0.386 e. The van der Waals surface area contributed by atoms with Crippen LogP contribution in [0.5, 0.6) is 0 Å². The molecule has 0 radical (unpaired) electrons. The fraction of sp³-hybridized carbons (Fsp3) is 0.333. The Balaban J connectivity index is 2.57. The minimum absolute atomic E-state index is 0.0648. The van der Waals surface area contributed by atoms with E-state index in [2.05, 4.69) is 5.32 Å². The molecule has 25 heavy (non-hydrogen) atoms. The third-order valence-corrected chi connectivity index (χ3v) is 4.31. The molecule has 0 saturated carbocycles. The van der Waals surface area contributed by atoms with Crippen molar-refractivity contribution in [3.8, 4) is 6.07 Å². The molecule has 0 unspecified atom stereocenters. The Morgan fingerprint density at radius 1 is 1.08 bits per heavy atom. The van der Waals surface area contributed by atoms with E-state index in [1.165, 1.54) is 11.8 Å². The van der Waals surface area contributed by atoms with Crippen molar-refractivity contribution >= 4 is 17.5 Å². The third kappa shape index (κ3) is 4.48. The van der Waals surface area contributed by atoms with E-state index in [0.717, 1.165) is 0 Å². The summed E-state index contributed by atoms with van der Waals surface area (Å²) in [5.74, 6) is -0.221. The van der Waals surface area contributed by atoms with Crippen LogP contribution in [-0.2, 0) is 12.4 Å². The summed E-state index contributed by atoms with van der Waals surface area (Å²) >= 11 is 1.39. The molecule has 2 rings (SSSR count). The van der Waals surface area contributed by atoms with Gasteiger partial charge < -0.3 is 5.32 Å². The molecule has 0 atom stereocenters. The number of thioether (sulfide) groups is 1. The van der Waals surface area contributed by atoms with Gasteiger partial charge in [0.05, 0.1) is 11.1 Å². The topological polar surface area (TPSA) is 52.9 Å². The molecule has 1 aliphatic rings. The van der Waals surface area contributed by atoms with Crippen LogP contribution in [0.1, 0.15) is 21.5 Å². The lowest BCUT2D eigenvalue weighted by atomic mass is 9.97. The minimum Gasteiger partial charge on any atom is -0.386 e. The standard InChI is InChI=1S/C15H10F6N2OS/c16-14(17,18)9-3-8(4-10(5-9)15(19,20)21)13(24)11(6-22)12-7-25-2-1-23-12/h3-5,23H,1-2,7H2. The monoisotopic (exact) mass is 380 g/mol. The molecule has 1 fully saturated rings. The Hall–Kier alpha value is -2.15.